The minimum atomic E-state index is 1.06. The number of aromatic nitrogens is 2. The second-order valence-electron chi connectivity index (χ2n) is 16.3. The summed E-state index contributed by atoms with van der Waals surface area (Å²) in [6.45, 7) is 2.26. The molecule has 2 heteroatoms. The van der Waals surface area contributed by atoms with E-state index in [1.165, 1.54) is 110 Å². The van der Waals surface area contributed by atoms with Crippen LogP contribution in [0.5, 0.6) is 0 Å². The van der Waals surface area contributed by atoms with E-state index in [1.54, 1.807) is 0 Å². The van der Waals surface area contributed by atoms with Crippen molar-refractivity contribution in [3.8, 4) is 44.8 Å². The highest BCUT2D eigenvalue weighted by Gasteiger charge is 2.19. The molecule has 0 saturated carbocycles. The molecule has 288 valence electrons. The minimum Gasteiger partial charge on any atom is -0.309 e. The zero-order chi connectivity index (χ0) is 40.4. The van der Waals surface area contributed by atoms with Crippen molar-refractivity contribution in [2.75, 3.05) is 0 Å². The van der Waals surface area contributed by atoms with E-state index in [2.05, 4.69) is 228 Å². The Bertz CT molecular complexity index is 3630. The van der Waals surface area contributed by atoms with Gasteiger partial charge in [-0.05, 0) is 122 Å². The van der Waals surface area contributed by atoms with Crippen LogP contribution in [0, 0.1) is 0 Å². The first-order chi connectivity index (χ1) is 30.2. The lowest BCUT2D eigenvalue weighted by Crippen LogP contribution is -1.95. The Morgan fingerprint density at radius 1 is 0.295 bits per heavy atom. The van der Waals surface area contributed by atoms with Crippen molar-refractivity contribution in [3.63, 3.8) is 0 Å². The van der Waals surface area contributed by atoms with E-state index < -0.39 is 0 Å². The zero-order valence-electron chi connectivity index (χ0n) is 34.0. The summed E-state index contributed by atoms with van der Waals surface area (Å²) in [4.78, 5) is 0. The topological polar surface area (TPSA) is 9.86 Å². The molecule has 0 bridgehead atoms. The number of rotatable bonds is 7. The molecule has 0 aliphatic rings. The molecule has 10 aromatic carbocycles. The van der Waals surface area contributed by atoms with Crippen molar-refractivity contribution in [2.24, 2.45) is 0 Å². The van der Waals surface area contributed by atoms with Crippen LogP contribution >= 0.6 is 0 Å². The van der Waals surface area contributed by atoms with Crippen LogP contribution in [0.15, 0.2) is 212 Å². The number of benzene rings is 10. The van der Waals surface area contributed by atoms with Crippen molar-refractivity contribution < 1.29 is 0 Å². The second-order valence-corrected chi connectivity index (χ2v) is 16.3. The van der Waals surface area contributed by atoms with Crippen LogP contribution in [0.1, 0.15) is 18.9 Å². The van der Waals surface area contributed by atoms with Crippen LogP contribution < -0.4 is 0 Å². The molecule has 61 heavy (non-hydrogen) atoms. The fraction of sp³-hybridized carbons (Fsp3) is 0.0508. The molecule has 0 saturated heterocycles. The van der Waals surface area contributed by atoms with Gasteiger partial charge < -0.3 is 9.13 Å². The molecular weight excluding hydrogens is 737 g/mol. The van der Waals surface area contributed by atoms with Gasteiger partial charge in [0.2, 0.25) is 0 Å². The summed E-state index contributed by atoms with van der Waals surface area (Å²) in [7, 11) is 0. The van der Waals surface area contributed by atoms with Gasteiger partial charge in [0.15, 0.2) is 0 Å². The van der Waals surface area contributed by atoms with Gasteiger partial charge in [-0.15, -0.1) is 0 Å². The van der Waals surface area contributed by atoms with Gasteiger partial charge in [0, 0.05) is 32.9 Å². The summed E-state index contributed by atoms with van der Waals surface area (Å²) < 4.78 is 4.83. The maximum Gasteiger partial charge on any atom is 0.0547 e. The molecule has 2 nitrogen and oxygen atoms in total. The molecule has 0 spiro atoms. The number of hydrogen-bond acceptors (Lipinski definition) is 0. The minimum absolute atomic E-state index is 1.06. The van der Waals surface area contributed by atoms with E-state index in [4.69, 9.17) is 0 Å². The van der Waals surface area contributed by atoms with Gasteiger partial charge in [0.05, 0.1) is 22.1 Å². The Balaban J connectivity index is 1.02. The highest BCUT2D eigenvalue weighted by molar-refractivity contribution is 6.21. The third-order valence-corrected chi connectivity index (χ3v) is 12.8. The van der Waals surface area contributed by atoms with Crippen LogP contribution in [0.3, 0.4) is 0 Å². The molecule has 2 aromatic heterocycles. The first-order valence-electron chi connectivity index (χ1n) is 21.5. The molecule has 12 aromatic rings. The quantitative estimate of drug-likeness (QED) is 0.143. The number of hydrogen-bond donors (Lipinski definition) is 0. The second kappa shape index (κ2) is 14.3. The summed E-state index contributed by atoms with van der Waals surface area (Å²) in [5.74, 6) is 0. The van der Waals surface area contributed by atoms with Crippen molar-refractivity contribution in [1.29, 1.82) is 0 Å². The van der Waals surface area contributed by atoms with E-state index >= 15 is 0 Å². The number of nitrogens with zero attached hydrogens (tertiary/aromatic N) is 2. The van der Waals surface area contributed by atoms with Gasteiger partial charge in [0.1, 0.15) is 0 Å². The Hall–Kier alpha value is -7.68. The average Bonchev–Trinajstić information content (AvgIpc) is 3.83. The summed E-state index contributed by atoms with van der Waals surface area (Å²) in [6, 6.07) is 78.5. The van der Waals surface area contributed by atoms with Crippen LogP contribution in [-0.4, -0.2) is 9.13 Å². The monoisotopic (exact) mass is 778 g/mol. The lowest BCUT2D eigenvalue weighted by molar-refractivity contribution is 0.924. The first kappa shape index (κ1) is 35.3. The molecule has 0 aliphatic heterocycles. The van der Waals surface area contributed by atoms with Gasteiger partial charge in [-0.1, -0.05) is 171 Å². The van der Waals surface area contributed by atoms with Crippen LogP contribution in [0.2, 0.25) is 0 Å². The first-order valence-corrected chi connectivity index (χ1v) is 21.5. The van der Waals surface area contributed by atoms with Crippen molar-refractivity contribution in [2.45, 2.75) is 19.8 Å². The zero-order valence-corrected chi connectivity index (χ0v) is 34.0. The molecule has 0 N–H and O–H groups in total. The summed E-state index contributed by atoms with van der Waals surface area (Å²) >= 11 is 0. The normalized spacial score (nSPS) is 11.8. The molecule has 0 aliphatic carbocycles. The highest BCUT2D eigenvalue weighted by Crippen LogP contribution is 2.45. The van der Waals surface area contributed by atoms with Crippen LogP contribution in [0.4, 0.5) is 0 Å². The van der Waals surface area contributed by atoms with E-state index in [1.807, 2.05) is 0 Å². The standard InChI is InChI=1S/C59H42N2/c1-2-15-39-26-33-51-53(36-39)59(40-16-5-3-6-17-40)50-23-10-9-22-49(50)58(51)41-27-31-45(32-28-41)61-54-24-13-11-20-46(54)48-34-29-43(38-57(48)61)42-30-35-56-52(37-42)47-21-12-14-25-55(47)60(56)44-18-7-4-8-19-44/h3-14,16-38H,2,15H2,1H3. The molecule has 0 fully saturated rings. The lowest BCUT2D eigenvalue weighted by Gasteiger charge is -2.19. The van der Waals surface area contributed by atoms with Crippen molar-refractivity contribution >= 4 is 65.2 Å². The van der Waals surface area contributed by atoms with Gasteiger partial charge in [-0.3, -0.25) is 0 Å². The van der Waals surface area contributed by atoms with E-state index in [0.717, 1.165) is 18.5 Å². The SMILES string of the molecule is CCCc1ccc2c(-c3ccc(-n4c5ccccc5c5ccc(-c6ccc7c(c6)c6ccccc6n7-c6ccccc6)cc54)cc3)c3ccccc3c(-c3ccccc3)c2c1. The molecular formula is C59H42N2. The lowest BCUT2D eigenvalue weighted by atomic mass is 9.85. The Morgan fingerprint density at radius 2 is 0.754 bits per heavy atom. The predicted molar refractivity (Wildman–Crippen MR) is 260 cm³/mol. The summed E-state index contributed by atoms with van der Waals surface area (Å²) in [5, 5.41) is 10.2. The maximum absolute atomic E-state index is 2.45. The fourth-order valence-corrected chi connectivity index (χ4v) is 10.1. The maximum atomic E-state index is 2.45. The number of aryl methyl sites for hydroxylation is 1. The van der Waals surface area contributed by atoms with Crippen LogP contribution in [-0.2, 0) is 6.42 Å². The van der Waals surface area contributed by atoms with Gasteiger partial charge in [0.25, 0.3) is 0 Å². The highest BCUT2D eigenvalue weighted by atomic mass is 15.0. The van der Waals surface area contributed by atoms with E-state index in [-0.39, 0.29) is 0 Å². The summed E-state index contributed by atoms with van der Waals surface area (Å²) in [5.41, 5.74) is 16.0. The molecule has 0 radical (unpaired) electrons. The van der Waals surface area contributed by atoms with Gasteiger partial charge >= 0.3 is 0 Å². The van der Waals surface area contributed by atoms with Gasteiger partial charge in [-0.2, -0.15) is 0 Å². The van der Waals surface area contributed by atoms with Crippen LogP contribution in [0.25, 0.3) is 110 Å². The summed E-state index contributed by atoms with van der Waals surface area (Å²) in [6.07, 6.45) is 2.18. The molecule has 12 rings (SSSR count). The molecule has 2 heterocycles. The van der Waals surface area contributed by atoms with Crippen molar-refractivity contribution in [1.82, 2.24) is 9.13 Å². The fourth-order valence-electron chi connectivity index (χ4n) is 10.1. The largest absolute Gasteiger partial charge is 0.309 e. The smallest absolute Gasteiger partial charge is 0.0547 e. The molecule has 0 unspecified atom stereocenters. The van der Waals surface area contributed by atoms with E-state index in [9.17, 15) is 0 Å². The average molecular weight is 779 g/mol. The molecule has 0 amide bonds. The third-order valence-electron chi connectivity index (χ3n) is 12.8. The number of para-hydroxylation sites is 3. The van der Waals surface area contributed by atoms with Gasteiger partial charge in [-0.25, -0.2) is 0 Å². The predicted octanol–water partition coefficient (Wildman–Crippen LogP) is 16.1. The van der Waals surface area contributed by atoms with Crippen molar-refractivity contribution in [3.05, 3.63) is 218 Å². The number of fused-ring (bicyclic) bond motifs is 8. The molecule has 0 atom stereocenters. The third kappa shape index (κ3) is 5.64. The Kier molecular flexibility index (Phi) is 8.24. The Labute approximate surface area is 355 Å². The Morgan fingerprint density at radius 3 is 1.46 bits per heavy atom. The van der Waals surface area contributed by atoms with E-state index in [0.29, 0.717) is 0 Å².